The summed E-state index contributed by atoms with van der Waals surface area (Å²) < 4.78 is 13.1. The lowest BCUT2D eigenvalue weighted by molar-refractivity contribution is 0.0602. The van der Waals surface area contributed by atoms with E-state index in [4.69, 9.17) is 9.15 Å². The molecule has 0 saturated carbocycles. The summed E-state index contributed by atoms with van der Waals surface area (Å²) in [6.45, 7) is 3.85. The first kappa shape index (κ1) is 15.0. The van der Waals surface area contributed by atoms with Crippen LogP contribution in [-0.4, -0.2) is 34.0 Å². The van der Waals surface area contributed by atoms with Crippen LogP contribution in [0.4, 0.5) is 0 Å². The van der Waals surface area contributed by atoms with Crippen LogP contribution in [0.3, 0.4) is 0 Å². The average Bonchev–Trinajstić information content (AvgIpc) is 3.20. The Kier molecular flexibility index (Phi) is 3.61. The standard InChI is InChI=1S/C18H19N3O3/c1-12-17-19-10-14(11-23-2)21(17)8-7-20(12)18(22)16-9-13-5-3-4-6-15(13)24-16/h3-6,9-10,12H,7-8,11H2,1-2H3/t12-/m0/s1. The number of rotatable bonds is 3. The minimum Gasteiger partial charge on any atom is -0.451 e. The zero-order chi connectivity index (χ0) is 16.7. The van der Waals surface area contributed by atoms with Gasteiger partial charge in [0.1, 0.15) is 11.4 Å². The summed E-state index contributed by atoms with van der Waals surface area (Å²) in [4.78, 5) is 19.2. The fourth-order valence-electron chi connectivity index (χ4n) is 3.33. The highest BCUT2D eigenvalue weighted by molar-refractivity contribution is 5.96. The summed E-state index contributed by atoms with van der Waals surface area (Å²) >= 11 is 0. The van der Waals surface area contributed by atoms with Crippen LogP contribution in [0, 0.1) is 0 Å². The molecule has 6 nitrogen and oxygen atoms in total. The summed E-state index contributed by atoms with van der Waals surface area (Å²) in [6, 6.07) is 9.35. The largest absolute Gasteiger partial charge is 0.451 e. The smallest absolute Gasteiger partial charge is 0.290 e. The first-order valence-corrected chi connectivity index (χ1v) is 8.02. The lowest BCUT2D eigenvalue weighted by atomic mass is 10.2. The summed E-state index contributed by atoms with van der Waals surface area (Å²) in [5.74, 6) is 1.17. The second kappa shape index (κ2) is 5.79. The van der Waals surface area contributed by atoms with Crippen LogP contribution in [0.15, 0.2) is 40.9 Å². The number of fused-ring (bicyclic) bond motifs is 2. The first-order valence-electron chi connectivity index (χ1n) is 8.02. The van der Waals surface area contributed by atoms with Crippen molar-refractivity contribution in [3.05, 3.63) is 53.8 Å². The van der Waals surface area contributed by atoms with E-state index in [0.717, 1.165) is 22.5 Å². The van der Waals surface area contributed by atoms with E-state index in [1.165, 1.54) is 0 Å². The second-order valence-corrected chi connectivity index (χ2v) is 6.02. The van der Waals surface area contributed by atoms with Crippen molar-refractivity contribution in [1.29, 1.82) is 0 Å². The molecule has 0 N–H and O–H groups in total. The minimum absolute atomic E-state index is 0.0961. The number of carbonyl (C=O) groups is 1. The van der Waals surface area contributed by atoms with Crippen LogP contribution >= 0.6 is 0 Å². The Morgan fingerprint density at radius 2 is 2.21 bits per heavy atom. The normalized spacial score (nSPS) is 17.2. The number of para-hydroxylation sites is 1. The third-order valence-corrected chi connectivity index (χ3v) is 4.56. The van der Waals surface area contributed by atoms with Gasteiger partial charge in [-0.05, 0) is 19.1 Å². The van der Waals surface area contributed by atoms with Crippen molar-refractivity contribution in [1.82, 2.24) is 14.5 Å². The molecule has 0 aliphatic carbocycles. The van der Waals surface area contributed by atoms with Gasteiger partial charge in [-0.15, -0.1) is 0 Å². The van der Waals surface area contributed by atoms with Gasteiger partial charge in [-0.1, -0.05) is 18.2 Å². The Bertz CT molecular complexity index is 863. The van der Waals surface area contributed by atoms with Crippen LogP contribution in [0.1, 0.15) is 35.0 Å². The Morgan fingerprint density at radius 1 is 1.38 bits per heavy atom. The van der Waals surface area contributed by atoms with Gasteiger partial charge in [0.15, 0.2) is 5.76 Å². The molecule has 3 heterocycles. The van der Waals surface area contributed by atoms with Crippen molar-refractivity contribution in [3.8, 4) is 0 Å². The van der Waals surface area contributed by atoms with E-state index < -0.39 is 0 Å². The van der Waals surface area contributed by atoms with Gasteiger partial charge >= 0.3 is 0 Å². The van der Waals surface area contributed by atoms with Crippen LogP contribution in [-0.2, 0) is 17.9 Å². The van der Waals surface area contributed by atoms with Crippen molar-refractivity contribution in [2.45, 2.75) is 26.1 Å². The Balaban J connectivity index is 1.63. The van der Waals surface area contributed by atoms with Crippen molar-refractivity contribution in [2.75, 3.05) is 13.7 Å². The number of imidazole rings is 1. The molecule has 3 aromatic rings. The molecule has 4 rings (SSSR count). The topological polar surface area (TPSA) is 60.5 Å². The van der Waals surface area contributed by atoms with Gasteiger partial charge in [0, 0.05) is 25.6 Å². The zero-order valence-electron chi connectivity index (χ0n) is 13.7. The summed E-state index contributed by atoms with van der Waals surface area (Å²) in [5, 5.41) is 0.939. The molecular formula is C18H19N3O3. The van der Waals surface area contributed by atoms with Gasteiger partial charge in [-0.3, -0.25) is 4.79 Å². The number of ether oxygens (including phenoxy) is 1. The number of furan rings is 1. The monoisotopic (exact) mass is 325 g/mol. The fraction of sp³-hybridized carbons (Fsp3) is 0.333. The highest BCUT2D eigenvalue weighted by Crippen LogP contribution is 2.28. The number of hydrogen-bond acceptors (Lipinski definition) is 4. The van der Waals surface area contributed by atoms with E-state index in [-0.39, 0.29) is 11.9 Å². The van der Waals surface area contributed by atoms with Crippen molar-refractivity contribution >= 4 is 16.9 Å². The molecular weight excluding hydrogens is 306 g/mol. The number of benzene rings is 1. The highest BCUT2D eigenvalue weighted by Gasteiger charge is 2.32. The van der Waals surface area contributed by atoms with Crippen LogP contribution in [0.2, 0.25) is 0 Å². The van der Waals surface area contributed by atoms with Gasteiger partial charge in [-0.2, -0.15) is 0 Å². The molecule has 1 amide bonds. The predicted molar refractivity (Wildman–Crippen MR) is 88.6 cm³/mol. The minimum atomic E-state index is -0.106. The van der Waals surface area contributed by atoms with Gasteiger partial charge in [0.05, 0.1) is 24.5 Å². The van der Waals surface area contributed by atoms with Crippen LogP contribution in [0.25, 0.3) is 11.0 Å². The van der Waals surface area contributed by atoms with Gasteiger partial charge in [-0.25, -0.2) is 4.98 Å². The molecule has 6 heteroatoms. The first-order chi connectivity index (χ1) is 11.7. The van der Waals surface area contributed by atoms with Gasteiger partial charge in [0.2, 0.25) is 0 Å². The van der Waals surface area contributed by atoms with Gasteiger partial charge < -0.3 is 18.6 Å². The molecule has 0 saturated heterocycles. The molecule has 0 spiro atoms. The van der Waals surface area contributed by atoms with Crippen molar-refractivity contribution < 1.29 is 13.9 Å². The molecule has 24 heavy (non-hydrogen) atoms. The van der Waals surface area contributed by atoms with E-state index >= 15 is 0 Å². The lowest BCUT2D eigenvalue weighted by Gasteiger charge is -2.33. The molecule has 0 unspecified atom stereocenters. The predicted octanol–water partition coefficient (Wildman–Crippen LogP) is 2.99. The molecule has 2 aromatic heterocycles. The zero-order valence-corrected chi connectivity index (χ0v) is 13.7. The highest BCUT2D eigenvalue weighted by atomic mass is 16.5. The SMILES string of the molecule is COCc1cnc2n1CCN(C(=O)c1cc3ccccc3o1)[C@H]2C. The molecule has 0 fully saturated rings. The fourth-order valence-corrected chi connectivity index (χ4v) is 3.33. The third-order valence-electron chi connectivity index (χ3n) is 4.56. The number of amides is 1. The van der Waals surface area contributed by atoms with Crippen molar-refractivity contribution in [2.24, 2.45) is 0 Å². The molecule has 1 atom stereocenters. The number of aromatic nitrogens is 2. The number of nitrogens with zero attached hydrogens (tertiary/aromatic N) is 3. The van der Waals surface area contributed by atoms with Crippen LogP contribution in [0.5, 0.6) is 0 Å². The summed E-state index contributed by atoms with van der Waals surface area (Å²) in [6.07, 6.45) is 1.82. The third kappa shape index (κ3) is 2.30. The van der Waals surface area contributed by atoms with E-state index in [1.54, 1.807) is 7.11 Å². The van der Waals surface area contributed by atoms with E-state index in [1.807, 2.05) is 48.4 Å². The summed E-state index contributed by atoms with van der Waals surface area (Å²) in [7, 11) is 1.67. The van der Waals surface area contributed by atoms with E-state index in [9.17, 15) is 4.79 Å². The second-order valence-electron chi connectivity index (χ2n) is 6.02. The van der Waals surface area contributed by atoms with Crippen LogP contribution < -0.4 is 0 Å². The molecule has 1 aliphatic rings. The maximum atomic E-state index is 12.9. The molecule has 124 valence electrons. The van der Waals surface area contributed by atoms with Crippen molar-refractivity contribution in [3.63, 3.8) is 0 Å². The summed E-state index contributed by atoms with van der Waals surface area (Å²) in [5.41, 5.74) is 1.77. The molecule has 0 bridgehead atoms. The van der Waals surface area contributed by atoms with E-state index in [2.05, 4.69) is 9.55 Å². The maximum absolute atomic E-state index is 12.9. The Hall–Kier alpha value is -2.60. The number of carbonyl (C=O) groups excluding carboxylic acids is 1. The number of methoxy groups -OCH3 is 1. The Labute approximate surface area is 139 Å². The molecule has 1 aliphatic heterocycles. The lowest BCUT2D eigenvalue weighted by Crippen LogP contribution is -2.41. The maximum Gasteiger partial charge on any atom is 0.290 e. The quantitative estimate of drug-likeness (QED) is 0.743. The van der Waals surface area contributed by atoms with Gasteiger partial charge in [0.25, 0.3) is 5.91 Å². The molecule has 0 radical (unpaired) electrons. The number of hydrogen-bond donors (Lipinski definition) is 0. The molecule has 1 aromatic carbocycles. The average molecular weight is 325 g/mol. The van der Waals surface area contributed by atoms with E-state index in [0.29, 0.717) is 25.5 Å². The Morgan fingerprint density at radius 3 is 3.00 bits per heavy atom.